The molecule has 0 saturated heterocycles. The molecule has 2 N–H and O–H groups in total. The first-order chi connectivity index (χ1) is 10.3. The lowest BCUT2D eigenvalue weighted by atomic mass is 10.1. The number of aliphatic hydroxyl groups is 1. The molecule has 0 aliphatic rings. The van der Waals surface area contributed by atoms with Crippen molar-refractivity contribution in [2.24, 2.45) is 0 Å². The van der Waals surface area contributed by atoms with Crippen molar-refractivity contribution in [3.8, 4) is 0 Å². The van der Waals surface area contributed by atoms with E-state index in [1.54, 1.807) is 13.8 Å². The van der Waals surface area contributed by atoms with Gasteiger partial charge in [0.15, 0.2) is 0 Å². The Morgan fingerprint density at radius 2 is 2.09 bits per heavy atom. The van der Waals surface area contributed by atoms with Crippen molar-refractivity contribution in [1.82, 2.24) is 14.9 Å². The molecule has 0 amide bonds. The maximum absolute atomic E-state index is 12.2. The molecule has 3 aromatic rings. The number of furan rings is 1. The van der Waals surface area contributed by atoms with Crippen LogP contribution in [0, 0.1) is 0 Å². The summed E-state index contributed by atoms with van der Waals surface area (Å²) in [6, 6.07) is 7.45. The van der Waals surface area contributed by atoms with E-state index in [1.165, 1.54) is 0 Å². The summed E-state index contributed by atoms with van der Waals surface area (Å²) in [5.74, 6) is 0.552. The summed E-state index contributed by atoms with van der Waals surface area (Å²) in [7, 11) is 1.87. The zero-order valence-electron chi connectivity index (χ0n) is 12.9. The lowest BCUT2D eigenvalue weighted by Crippen LogP contribution is -2.36. The van der Waals surface area contributed by atoms with Gasteiger partial charge in [-0.15, -0.1) is 0 Å². The number of fused-ring (bicyclic) bond motifs is 3. The van der Waals surface area contributed by atoms with Crippen LogP contribution >= 0.6 is 0 Å². The van der Waals surface area contributed by atoms with Gasteiger partial charge in [0.1, 0.15) is 16.9 Å². The molecule has 6 nitrogen and oxygen atoms in total. The topological polar surface area (TPSA) is 82.4 Å². The van der Waals surface area contributed by atoms with Crippen LogP contribution in [0.1, 0.15) is 19.7 Å². The van der Waals surface area contributed by atoms with Gasteiger partial charge < -0.3 is 14.5 Å². The largest absolute Gasteiger partial charge is 0.449 e. The van der Waals surface area contributed by atoms with Crippen molar-refractivity contribution < 1.29 is 9.52 Å². The molecule has 0 atom stereocenters. The number of H-pyrrole nitrogens is 1. The van der Waals surface area contributed by atoms with Crippen molar-refractivity contribution in [3.05, 3.63) is 40.4 Å². The van der Waals surface area contributed by atoms with Gasteiger partial charge in [0, 0.05) is 11.9 Å². The molecule has 22 heavy (non-hydrogen) atoms. The molecule has 0 spiro atoms. The van der Waals surface area contributed by atoms with Crippen molar-refractivity contribution in [2.45, 2.75) is 26.0 Å². The molecular formula is C16H19N3O3. The summed E-state index contributed by atoms with van der Waals surface area (Å²) >= 11 is 0. The quantitative estimate of drug-likeness (QED) is 0.769. The van der Waals surface area contributed by atoms with E-state index in [2.05, 4.69) is 9.97 Å². The van der Waals surface area contributed by atoms with Crippen LogP contribution in [0.5, 0.6) is 0 Å². The number of rotatable bonds is 4. The van der Waals surface area contributed by atoms with Crippen LogP contribution in [0.4, 0.5) is 0 Å². The zero-order chi connectivity index (χ0) is 15.9. The van der Waals surface area contributed by atoms with Gasteiger partial charge in [0.2, 0.25) is 5.58 Å². The highest BCUT2D eigenvalue weighted by Crippen LogP contribution is 2.24. The first kappa shape index (κ1) is 14.7. The number of likely N-dealkylation sites (N-methyl/N-ethyl adjacent to an activating group) is 1. The lowest BCUT2D eigenvalue weighted by Gasteiger charge is -2.24. The van der Waals surface area contributed by atoms with E-state index in [-0.39, 0.29) is 11.1 Å². The monoisotopic (exact) mass is 301 g/mol. The van der Waals surface area contributed by atoms with Gasteiger partial charge in [0.25, 0.3) is 5.56 Å². The van der Waals surface area contributed by atoms with Gasteiger partial charge in [-0.25, -0.2) is 4.98 Å². The lowest BCUT2D eigenvalue weighted by molar-refractivity contribution is 0.0418. The van der Waals surface area contributed by atoms with Gasteiger partial charge >= 0.3 is 0 Å². The summed E-state index contributed by atoms with van der Waals surface area (Å²) in [6.45, 7) is 4.40. The summed E-state index contributed by atoms with van der Waals surface area (Å²) in [4.78, 5) is 21.4. The van der Waals surface area contributed by atoms with E-state index in [1.807, 2.05) is 36.2 Å². The Morgan fingerprint density at radius 1 is 1.36 bits per heavy atom. The fourth-order valence-electron chi connectivity index (χ4n) is 2.69. The molecule has 0 fully saturated rings. The van der Waals surface area contributed by atoms with Crippen molar-refractivity contribution >= 4 is 22.1 Å². The van der Waals surface area contributed by atoms with Crippen LogP contribution in [0.3, 0.4) is 0 Å². The van der Waals surface area contributed by atoms with Crippen molar-refractivity contribution in [1.29, 1.82) is 0 Å². The van der Waals surface area contributed by atoms with E-state index in [0.29, 0.717) is 30.0 Å². The van der Waals surface area contributed by atoms with E-state index >= 15 is 0 Å². The molecule has 0 aliphatic heterocycles. The Balaban J connectivity index is 2.01. The number of benzene rings is 1. The molecule has 1 aromatic carbocycles. The molecule has 0 saturated carbocycles. The maximum atomic E-state index is 12.2. The Bertz CT molecular complexity index is 874. The smallest absolute Gasteiger partial charge is 0.294 e. The molecule has 0 unspecified atom stereocenters. The van der Waals surface area contributed by atoms with E-state index in [9.17, 15) is 9.90 Å². The predicted octanol–water partition coefficient (Wildman–Crippen LogP) is 1.87. The third-order valence-corrected chi connectivity index (χ3v) is 3.36. The number of nitrogens with zero attached hydrogens (tertiary/aromatic N) is 2. The molecule has 2 heterocycles. The standard InChI is InChI=1S/C16H19N3O3/c1-16(2,21)9-19(3)8-12-17-13-10-6-4-5-7-11(10)22-14(13)15(20)18-12/h4-7,21H,8-9H2,1-3H3,(H,17,18,20). The van der Waals surface area contributed by atoms with Crippen LogP contribution in [0.25, 0.3) is 22.1 Å². The number of nitrogens with one attached hydrogen (secondary N) is 1. The Hall–Kier alpha value is -2.18. The second-order valence-electron chi connectivity index (χ2n) is 6.27. The minimum Gasteiger partial charge on any atom is -0.449 e. The second-order valence-corrected chi connectivity index (χ2v) is 6.27. The van der Waals surface area contributed by atoms with Crippen LogP contribution in [0.2, 0.25) is 0 Å². The molecular weight excluding hydrogens is 282 g/mol. The maximum Gasteiger partial charge on any atom is 0.294 e. The fraction of sp³-hybridized carbons (Fsp3) is 0.375. The van der Waals surface area contributed by atoms with Crippen LogP contribution < -0.4 is 5.56 Å². The normalized spacial score (nSPS) is 12.6. The molecule has 6 heteroatoms. The molecule has 116 valence electrons. The molecule has 0 bridgehead atoms. The SMILES string of the molecule is CN(Cc1nc2c(oc3ccccc32)c(=O)[nH]1)CC(C)(C)O. The van der Waals surface area contributed by atoms with E-state index in [0.717, 1.165) is 5.39 Å². The average molecular weight is 301 g/mol. The Morgan fingerprint density at radius 3 is 2.82 bits per heavy atom. The summed E-state index contributed by atoms with van der Waals surface area (Å²) in [5, 5.41) is 10.7. The minimum atomic E-state index is -0.804. The number of hydrogen-bond donors (Lipinski definition) is 2. The van der Waals surface area contributed by atoms with Crippen LogP contribution in [0.15, 0.2) is 33.5 Å². The summed E-state index contributed by atoms with van der Waals surface area (Å²) < 4.78 is 5.56. The molecule has 2 aromatic heterocycles. The summed E-state index contributed by atoms with van der Waals surface area (Å²) in [5.41, 5.74) is 0.382. The van der Waals surface area contributed by atoms with E-state index < -0.39 is 5.60 Å². The number of para-hydroxylation sites is 1. The highest BCUT2D eigenvalue weighted by atomic mass is 16.3. The third-order valence-electron chi connectivity index (χ3n) is 3.36. The third kappa shape index (κ3) is 2.88. The number of hydrogen-bond acceptors (Lipinski definition) is 5. The minimum absolute atomic E-state index is 0.245. The summed E-state index contributed by atoms with van der Waals surface area (Å²) in [6.07, 6.45) is 0. The van der Waals surface area contributed by atoms with Crippen molar-refractivity contribution in [2.75, 3.05) is 13.6 Å². The van der Waals surface area contributed by atoms with Gasteiger partial charge in [-0.3, -0.25) is 9.69 Å². The van der Waals surface area contributed by atoms with Crippen LogP contribution in [-0.4, -0.2) is 39.2 Å². The first-order valence-corrected chi connectivity index (χ1v) is 7.15. The molecule has 3 rings (SSSR count). The molecule has 0 aliphatic carbocycles. The first-order valence-electron chi connectivity index (χ1n) is 7.15. The van der Waals surface area contributed by atoms with E-state index in [4.69, 9.17) is 4.42 Å². The Kier molecular flexibility index (Phi) is 3.50. The van der Waals surface area contributed by atoms with Gasteiger partial charge in [-0.2, -0.15) is 0 Å². The number of aromatic nitrogens is 2. The average Bonchev–Trinajstić information content (AvgIpc) is 2.76. The molecule has 0 radical (unpaired) electrons. The van der Waals surface area contributed by atoms with Crippen molar-refractivity contribution in [3.63, 3.8) is 0 Å². The van der Waals surface area contributed by atoms with Gasteiger partial charge in [-0.1, -0.05) is 12.1 Å². The predicted molar refractivity (Wildman–Crippen MR) is 84.8 cm³/mol. The highest BCUT2D eigenvalue weighted by Gasteiger charge is 2.18. The van der Waals surface area contributed by atoms with Gasteiger partial charge in [0.05, 0.1) is 12.1 Å². The fourth-order valence-corrected chi connectivity index (χ4v) is 2.69. The highest BCUT2D eigenvalue weighted by molar-refractivity contribution is 6.01. The Labute approximate surface area is 127 Å². The second kappa shape index (κ2) is 5.23. The van der Waals surface area contributed by atoms with Crippen LogP contribution in [-0.2, 0) is 6.54 Å². The zero-order valence-corrected chi connectivity index (χ0v) is 12.9. The van der Waals surface area contributed by atoms with Gasteiger partial charge in [-0.05, 0) is 33.0 Å². The number of aromatic amines is 1.